The molecule has 2 unspecified atom stereocenters. The van der Waals surface area contributed by atoms with E-state index in [0.717, 1.165) is 38.3 Å². The average Bonchev–Trinajstić information content (AvgIpc) is 2.73. The van der Waals surface area contributed by atoms with Gasteiger partial charge in [-0.1, -0.05) is 0 Å². The highest BCUT2D eigenvalue weighted by atomic mass is 16.3. The van der Waals surface area contributed by atoms with Crippen LogP contribution in [0, 0.1) is 0 Å². The van der Waals surface area contributed by atoms with Crippen molar-refractivity contribution in [2.45, 2.75) is 44.2 Å². The minimum Gasteiger partial charge on any atom is -0.393 e. The van der Waals surface area contributed by atoms with Gasteiger partial charge < -0.3 is 15.0 Å². The molecule has 0 amide bonds. The zero-order chi connectivity index (χ0) is 11.0. The van der Waals surface area contributed by atoms with Crippen LogP contribution in [0.3, 0.4) is 0 Å². The number of aliphatic hydroxyl groups excluding tert-OH is 1. The molecular weight excluding hydrogens is 202 g/mol. The van der Waals surface area contributed by atoms with Crippen LogP contribution in [0.1, 0.15) is 36.7 Å². The third-order valence-electron chi connectivity index (χ3n) is 3.71. The predicted octanol–water partition coefficient (Wildman–Crippen LogP) is 0.657. The van der Waals surface area contributed by atoms with Crippen LogP contribution >= 0.6 is 0 Å². The van der Waals surface area contributed by atoms with Crippen molar-refractivity contribution in [2.75, 3.05) is 13.1 Å². The number of aliphatic hydroxyl groups is 1. The van der Waals surface area contributed by atoms with Crippen LogP contribution in [-0.2, 0) is 13.0 Å². The van der Waals surface area contributed by atoms with Gasteiger partial charge in [0.2, 0.25) is 0 Å². The molecule has 3 heterocycles. The SMILES string of the molecule is OC1CCn2cc(C3CCCNC3)nc2C1. The van der Waals surface area contributed by atoms with E-state index in [-0.39, 0.29) is 6.10 Å². The maximum Gasteiger partial charge on any atom is 0.111 e. The van der Waals surface area contributed by atoms with Crippen LogP contribution in [0.2, 0.25) is 0 Å². The lowest BCUT2D eigenvalue weighted by Gasteiger charge is -2.20. The van der Waals surface area contributed by atoms with E-state index in [9.17, 15) is 5.11 Å². The second kappa shape index (κ2) is 4.18. The van der Waals surface area contributed by atoms with E-state index < -0.39 is 0 Å². The second-order valence-electron chi connectivity index (χ2n) is 4.97. The quantitative estimate of drug-likeness (QED) is 0.732. The molecule has 0 spiro atoms. The Kier molecular flexibility index (Phi) is 2.69. The van der Waals surface area contributed by atoms with Gasteiger partial charge in [-0.2, -0.15) is 0 Å². The molecule has 88 valence electrons. The summed E-state index contributed by atoms with van der Waals surface area (Å²) in [6.07, 6.45) is 6.08. The Balaban J connectivity index is 1.80. The van der Waals surface area contributed by atoms with Crippen molar-refractivity contribution in [3.63, 3.8) is 0 Å². The first-order chi connectivity index (χ1) is 7.83. The van der Waals surface area contributed by atoms with Crippen LogP contribution in [0.15, 0.2) is 6.20 Å². The number of imidazole rings is 1. The number of piperidine rings is 1. The Morgan fingerprint density at radius 1 is 1.44 bits per heavy atom. The van der Waals surface area contributed by atoms with Crippen LogP contribution < -0.4 is 5.32 Å². The van der Waals surface area contributed by atoms with E-state index in [1.54, 1.807) is 0 Å². The van der Waals surface area contributed by atoms with Crippen molar-refractivity contribution < 1.29 is 5.11 Å². The highest BCUT2D eigenvalue weighted by molar-refractivity contribution is 5.13. The summed E-state index contributed by atoms with van der Waals surface area (Å²) in [6.45, 7) is 3.12. The minimum absolute atomic E-state index is 0.188. The number of aryl methyl sites for hydroxylation is 1. The number of nitrogens with zero attached hydrogens (tertiary/aromatic N) is 2. The fraction of sp³-hybridized carbons (Fsp3) is 0.750. The molecule has 2 atom stereocenters. The lowest BCUT2D eigenvalue weighted by molar-refractivity contribution is 0.141. The molecule has 1 aromatic heterocycles. The Bertz CT molecular complexity index is 368. The number of rotatable bonds is 1. The number of aromatic nitrogens is 2. The van der Waals surface area contributed by atoms with Crippen LogP contribution in [0.5, 0.6) is 0 Å². The van der Waals surface area contributed by atoms with E-state index in [1.807, 2.05) is 0 Å². The van der Waals surface area contributed by atoms with Gasteiger partial charge in [0.1, 0.15) is 5.82 Å². The molecule has 0 bridgehead atoms. The molecule has 2 aliphatic heterocycles. The van der Waals surface area contributed by atoms with Crippen molar-refractivity contribution in [1.29, 1.82) is 0 Å². The van der Waals surface area contributed by atoms with Gasteiger partial charge in [-0.25, -0.2) is 4.98 Å². The molecule has 1 fully saturated rings. The number of nitrogens with one attached hydrogen (secondary N) is 1. The molecule has 0 saturated carbocycles. The largest absolute Gasteiger partial charge is 0.393 e. The minimum atomic E-state index is -0.188. The summed E-state index contributed by atoms with van der Waals surface area (Å²) < 4.78 is 2.22. The summed E-state index contributed by atoms with van der Waals surface area (Å²) in [5, 5.41) is 13.0. The molecule has 2 N–H and O–H groups in total. The fourth-order valence-electron chi connectivity index (χ4n) is 2.73. The van der Waals surface area contributed by atoms with E-state index in [4.69, 9.17) is 0 Å². The molecule has 0 aromatic carbocycles. The molecule has 1 aromatic rings. The average molecular weight is 221 g/mol. The first-order valence-electron chi connectivity index (χ1n) is 6.27. The summed E-state index contributed by atoms with van der Waals surface area (Å²) in [5.74, 6) is 1.64. The van der Waals surface area contributed by atoms with E-state index >= 15 is 0 Å². The molecule has 4 nitrogen and oxygen atoms in total. The summed E-state index contributed by atoms with van der Waals surface area (Å²) in [5.41, 5.74) is 1.22. The molecule has 3 rings (SSSR count). The first kappa shape index (κ1) is 10.3. The number of hydrogen-bond donors (Lipinski definition) is 2. The molecular formula is C12H19N3O. The van der Waals surface area contributed by atoms with E-state index in [2.05, 4.69) is 21.1 Å². The summed E-state index contributed by atoms with van der Waals surface area (Å²) >= 11 is 0. The summed E-state index contributed by atoms with van der Waals surface area (Å²) in [6, 6.07) is 0. The van der Waals surface area contributed by atoms with Gasteiger partial charge in [0.15, 0.2) is 0 Å². The third kappa shape index (κ3) is 1.87. The van der Waals surface area contributed by atoms with E-state index in [1.165, 1.54) is 18.5 Å². The lowest BCUT2D eigenvalue weighted by atomic mass is 9.97. The van der Waals surface area contributed by atoms with Crippen molar-refractivity contribution in [3.8, 4) is 0 Å². The van der Waals surface area contributed by atoms with E-state index in [0.29, 0.717) is 5.92 Å². The van der Waals surface area contributed by atoms with Crippen molar-refractivity contribution >= 4 is 0 Å². The highest BCUT2D eigenvalue weighted by Gasteiger charge is 2.23. The predicted molar refractivity (Wildman–Crippen MR) is 61.4 cm³/mol. The van der Waals surface area contributed by atoms with Gasteiger partial charge >= 0.3 is 0 Å². The van der Waals surface area contributed by atoms with Gasteiger partial charge in [-0.3, -0.25) is 0 Å². The molecule has 1 saturated heterocycles. The number of fused-ring (bicyclic) bond motifs is 1. The van der Waals surface area contributed by atoms with Gasteiger partial charge in [-0.05, 0) is 25.8 Å². The van der Waals surface area contributed by atoms with Crippen molar-refractivity contribution in [1.82, 2.24) is 14.9 Å². The van der Waals surface area contributed by atoms with Gasteiger partial charge in [0.25, 0.3) is 0 Å². The Hall–Kier alpha value is -0.870. The maximum absolute atomic E-state index is 9.61. The lowest BCUT2D eigenvalue weighted by Crippen LogP contribution is -2.28. The number of hydrogen-bond acceptors (Lipinski definition) is 3. The monoisotopic (exact) mass is 221 g/mol. The zero-order valence-corrected chi connectivity index (χ0v) is 9.52. The highest BCUT2D eigenvalue weighted by Crippen LogP contribution is 2.24. The Labute approximate surface area is 95.7 Å². The Morgan fingerprint density at radius 3 is 3.19 bits per heavy atom. The molecule has 4 heteroatoms. The Morgan fingerprint density at radius 2 is 2.38 bits per heavy atom. The topological polar surface area (TPSA) is 50.1 Å². The van der Waals surface area contributed by atoms with Gasteiger partial charge in [-0.15, -0.1) is 0 Å². The summed E-state index contributed by atoms with van der Waals surface area (Å²) in [7, 11) is 0. The second-order valence-corrected chi connectivity index (χ2v) is 4.97. The first-order valence-corrected chi connectivity index (χ1v) is 6.27. The van der Waals surface area contributed by atoms with Crippen molar-refractivity contribution in [3.05, 3.63) is 17.7 Å². The smallest absolute Gasteiger partial charge is 0.111 e. The van der Waals surface area contributed by atoms with Crippen LogP contribution in [0.25, 0.3) is 0 Å². The van der Waals surface area contributed by atoms with Crippen LogP contribution in [-0.4, -0.2) is 33.9 Å². The standard InChI is InChI=1S/C12H19N3O/c16-10-3-5-15-8-11(14-12(15)6-10)9-2-1-4-13-7-9/h8-10,13,16H,1-7H2. The fourth-order valence-corrected chi connectivity index (χ4v) is 2.73. The third-order valence-corrected chi connectivity index (χ3v) is 3.71. The molecule has 0 aliphatic carbocycles. The summed E-state index contributed by atoms with van der Waals surface area (Å²) in [4.78, 5) is 4.69. The van der Waals surface area contributed by atoms with Gasteiger partial charge in [0.05, 0.1) is 11.8 Å². The molecule has 16 heavy (non-hydrogen) atoms. The molecule has 2 aliphatic rings. The molecule has 0 radical (unpaired) electrons. The van der Waals surface area contributed by atoms with Crippen molar-refractivity contribution in [2.24, 2.45) is 0 Å². The maximum atomic E-state index is 9.61. The zero-order valence-electron chi connectivity index (χ0n) is 9.52. The van der Waals surface area contributed by atoms with Gasteiger partial charge in [0, 0.05) is 31.6 Å². The van der Waals surface area contributed by atoms with Crippen LogP contribution in [0.4, 0.5) is 0 Å². The normalized spacial score (nSPS) is 30.1.